The van der Waals surface area contributed by atoms with Gasteiger partial charge in [-0.1, -0.05) is 109 Å². The molecule has 0 saturated heterocycles. The molecule has 0 aliphatic heterocycles. The number of hydrogen-bond donors (Lipinski definition) is 0. The highest BCUT2D eigenvalue weighted by Gasteiger charge is 2.29. The summed E-state index contributed by atoms with van der Waals surface area (Å²) < 4.78 is 0. The van der Waals surface area contributed by atoms with Gasteiger partial charge in [-0.2, -0.15) is 22.7 Å². The fourth-order valence-electron chi connectivity index (χ4n) is 4.27. The minimum absolute atomic E-state index is 0.389. The summed E-state index contributed by atoms with van der Waals surface area (Å²) in [5.74, 6) is 0. The maximum absolute atomic E-state index is 2.35. The summed E-state index contributed by atoms with van der Waals surface area (Å²) in [6, 6.07) is 27.7. The monoisotopic (exact) mass is 432 g/mol. The van der Waals surface area contributed by atoms with E-state index in [0.717, 1.165) is 0 Å². The van der Waals surface area contributed by atoms with Gasteiger partial charge in [0.05, 0.1) is 6.15 Å². The van der Waals surface area contributed by atoms with Crippen molar-refractivity contribution in [2.24, 2.45) is 0 Å². The summed E-state index contributed by atoms with van der Waals surface area (Å²) in [7, 11) is -0.389. The smallest absolute Gasteiger partial charge is 0.0814 e. The van der Waals surface area contributed by atoms with Gasteiger partial charge in [0.1, 0.15) is 0 Å². The van der Waals surface area contributed by atoms with Gasteiger partial charge in [-0.3, -0.25) is 0 Å². The maximum atomic E-state index is 2.35. The summed E-state index contributed by atoms with van der Waals surface area (Å²) in [4.78, 5) is 0. The fraction of sp³-hybridized carbons (Fsp3) is 0.379. The summed E-state index contributed by atoms with van der Waals surface area (Å²) >= 11 is 0. The third kappa shape index (κ3) is 7.36. The Labute approximate surface area is 192 Å². The van der Waals surface area contributed by atoms with E-state index in [4.69, 9.17) is 0 Å². The van der Waals surface area contributed by atoms with E-state index in [1.165, 1.54) is 52.2 Å². The molecule has 0 unspecified atom stereocenters. The summed E-state index contributed by atoms with van der Waals surface area (Å²) in [5, 5.41) is 0. The van der Waals surface area contributed by atoms with Crippen molar-refractivity contribution in [2.45, 2.75) is 46.9 Å². The predicted octanol–water partition coefficient (Wildman–Crippen LogP) is 6.41. The molecule has 0 spiro atoms. The van der Waals surface area contributed by atoms with Gasteiger partial charge in [0.25, 0.3) is 0 Å². The molecule has 0 aliphatic rings. The van der Waals surface area contributed by atoms with Crippen LogP contribution in [0.2, 0.25) is 6.32 Å². The maximum Gasteiger partial charge on any atom is 0.0814 e. The van der Waals surface area contributed by atoms with Gasteiger partial charge in [-0.15, -0.1) is 0 Å². The van der Waals surface area contributed by atoms with Crippen molar-refractivity contribution in [3.63, 3.8) is 0 Å². The largest absolute Gasteiger partial charge is 0.200 e. The Kier molecular flexibility index (Phi) is 9.14. The second-order valence-electron chi connectivity index (χ2n) is 10.6. The van der Waals surface area contributed by atoms with Crippen LogP contribution in [0.15, 0.2) is 72.8 Å². The first-order valence-electron chi connectivity index (χ1n) is 11.7. The summed E-state index contributed by atoms with van der Waals surface area (Å²) in [6.45, 7) is 18.0. The molecule has 0 heterocycles. The highest BCUT2D eigenvalue weighted by Crippen LogP contribution is 2.40. The van der Waals surface area contributed by atoms with E-state index in [1.54, 1.807) is 0 Å². The van der Waals surface area contributed by atoms with Gasteiger partial charge in [0.2, 0.25) is 0 Å². The minimum atomic E-state index is -0.957. The van der Waals surface area contributed by atoms with Crippen LogP contribution in [0.3, 0.4) is 0 Å². The Morgan fingerprint density at radius 3 is 1.03 bits per heavy atom. The second-order valence-corrected chi connectivity index (χ2v) is 16.0. The third-order valence-electron chi connectivity index (χ3n) is 5.93. The number of rotatable bonds is 6. The van der Waals surface area contributed by atoms with Gasteiger partial charge in [0.15, 0.2) is 0 Å². The number of benzene rings is 3. The van der Waals surface area contributed by atoms with Crippen LogP contribution in [0.25, 0.3) is 0 Å². The van der Waals surface area contributed by atoms with Gasteiger partial charge >= 0.3 is 0 Å². The molecule has 0 aliphatic carbocycles. The van der Waals surface area contributed by atoms with Crippen LogP contribution in [-0.2, 0) is 0 Å². The molecule has 3 rings (SSSR count). The van der Waals surface area contributed by atoms with Gasteiger partial charge < -0.3 is 0 Å². The summed E-state index contributed by atoms with van der Waals surface area (Å²) in [6.07, 6.45) is 2.68. The lowest BCUT2D eigenvalue weighted by atomic mass is 9.14. The van der Waals surface area contributed by atoms with E-state index in [9.17, 15) is 0 Å². The quantitative estimate of drug-likeness (QED) is 0.312. The molecule has 0 aromatic heterocycles. The van der Waals surface area contributed by atoms with Gasteiger partial charge in [-0.25, -0.2) is 0 Å². The second kappa shape index (κ2) is 11.1. The molecule has 0 amide bonds. The molecule has 0 bridgehead atoms. The van der Waals surface area contributed by atoms with Crippen molar-refractivity contribution >= 4 is 29.8 Å². The minimum Gasteiger partial charge on any atom is -0.200 e. The number of aryl methyl sites for hydroxylation is 3. The van der Waals surface area contributed by atoms with E-state index in [-0.39, 0.29) is 7.26 Å². The number of unbranched alkanes of at least 4 members (excludes halogenated alkanes) is 1. The molecule has 0 radical (unpaired) electrons. The molecule has 0 saturated carbocycles. The Bertz CT molecular complexity index is 800. The van der Waals surface area contributed by atoms with Crippen LogP contribution < -0.4 is 16.4 Å². The SMILES string of the molecule is CCCC[B-](c1ccc(C)cc1)(c1ccc(C)cc1)c1ccc(C)cc1.C[P+](C)(C)C. The van der Waals surface area contributed by atoms with Crippen LogP contribution in [-0.4, -0.2) is 32.8 Å². The predicted molar refractivity (Wildman–Crippen MR) is 149 cm³/mol. The van der Waals surface area contributed by atoms with Crippen LogP contribution in [0.1, 0.15) is 36.5 Å². The van der Waals surface area contributed by atoms with Crippen molar-refractivity contribution in [2.75, 3.05) is 26.7 Å². The van der Waals surface area contributed by atoms with E-state index in [2.05, 4.69) is 127 Å². The summed E-state index contributed by atoms with van der Waals surface area (Å²) in [5.41, 5.74) is 8.33. The van der Waals surface area contributed by atoms with Crippen molar-refractivity contribution in [3.8, 4) is 0 Å². The van der Waals surface area contributed by atoms with E-state index in [1.807, 2.05) is 0 Å². The van der Waals surface area contributed by atoms with Crippen molar-refractivity contribution in [1.82, 2.24) is 0 Å². The molecule has 0 atom stereocenters. The van der Waals surface area contributed by atoms with Crippen LogP contribution in [0.5, 0.6) is 0 Å². The van der Waals surface area contributed by atoms with Crippen molar-refractivity contribution in [1.29, 1.82) is 0 Å². The van der Waals surface area contributed by atoms with E-state index >= 15 is 0 Å². The lowest BCUT2D eigenvalue weighted by Gasteiger charge is -2.43. The lowest BCUT2D eigenvalue weighted by Crippen LogP contribution is -2.67. The average molecular weight is 432 g/mol. The Morgan fingerprint density at radius 1 is 0.548 bits per heavy atom. The molecule has 0 fully saturated rings. The highest BCUT2D eigenvalue weighted by molar-refractivity contribution is 7.73. The Balaban J connectivity index is 0.000000614. The van der Waals surface area contributed by atoms with Gasteiger partial charge in [0, 0.05) is 33.9 Å². The van der Waals surface area contributed by atoms with Crippen LogP contribution >= 0.6 is 7.26 Å². The van der Waals surface area contributed by atoms with Crippen molar-refractivity contribution in [3.05, 3.63) is 89.5 Å². The molecule has 3 aromatic rings. The first kappa shape index (κ1) is 25.4. The normalized spacial score (nSPS) is 11.6. The van der Waals surface area contributed by atoms with E-state index < -0.39 is 6.15 Å². The fourth-order valence-corrected chi connectivity index (χ4v) is 4.27. The molecule has 0 nitrogen and oxygen atoms in total. The van der Waals surface area contributed by atoms with Gasteiger partial charge in [-0.05, 0) is 20.8 Å². The molecule has 31 heavy (non-hydrogen) atoms. The molecule has 2 heteroatoms. The molecular weight excluding hydrogens is 390 g/mol. The number of hydrogen-bond acceptors (Lipinski definition) is 0. The van der Waals surface area contributed by atoms with Crippen LogP contribution in [0.4, 0.5) is 0 Å². The Hall–Kier alpha value is -1.85. The first-order chi connectivity index (χ1) is 14.6. The zero-order chi connectivity index (χ0) is 23.1. The van der Waals surface area contributed by atoms with Crippen LogP contribution in [0, 0.1) is 20.8 Å². The third-order valence-corrected chi connectivity index (χ3v) is 5.93. The Morgan fingerprint density at radius 2 is 0.806 bits per heavy atom. The lowest BCUT2D eigenvalue weighted by molar-refractivity contribution is 0.874. The standard InChI is InChI=1S/C25H30B.C4H12P/c1-5-6-19-26(23-13-7-20(2)8-14-23,24-15-9-21(3)10-16-24)25-17-11-22(4)12-18-25;1-5(2,3)4/h7-18H,5-6,19H2,1-4H3;1-4H3/q-1;+1. The van der Waals surface area contributed by atoms with Crippen molar-refractivity contribution < 1.29 is 0 Å². The molecule has 0 N–H and O–H groups in total. The molecular formula is C29H42BP. The highest BCUT2D eigenvalue weighted by atomic mass is 31.2. The first-order valence-corrected chi connectivity index (χ1v) is 15.3. The molecule has 3 aromatic carbocycles. The zero-order valence-corrected chi connectivity index (χ0v) is 22.0. The van der Waals surface area contributed by atoms with E-state index in [0.29, 0.717) is 0 Å². The molecule has 166 valence electrons. The topological polar surface area (TPSA) is 0 Å². The zero-order valence-electron chi connectivity index (χ0n) is 21.1. The average Bonchev–Trinajstić information content (AvgIpc) is 2.70.